The summed E-state index contributed by atoms with van der Waals surface area (Å²) in [6.45, 7) is 1.32. The fourth-order valence-electron chi connectivity index (χ4n) is 4.60. The molecular formula is C26H33N3O7S. The third-order valence-corrected chi connectivity index (χ3v) is 7.82. The smallest absolute Gasteiger partial charge is 0.244 e. The summed E-state index contributed by atoms with van der Waals surface area (Å²) in [4.78, 5) is 28.3. The highest BCUT2D eigenvalue weighted by atomic mass is 32.2. The average molecular weight is 532 g/mol. The Balaban J connectivity index is 1.60. The minimum atomic E-state index is -3.84. The van der Waals surface area contributed by atoms with Crippen LogP contribution in [-0.2, 0) is 26.2 Å². The van der Waals surface area contributed by atoms with E-state index >= 15 is 0 Å². The molecule has 37 heavy (non-hydrogen) atoms. The second-order valence-electron chi connectivity index (χ2n) is 9.35. The molecule has 1 heterocycles. The molecule has 2 aromatic rings. The second-order valence-corrected chi connectivity index (χ2v) is 11.3. The van der Waals surface area contributed by atoms with Gasteiger partial charge in [-0.25, -0.2) is 8.42 Å². The molecule has 4 rings (SSSR count). The third-order valence-electron chi connectivity index (χ3n) is 6.68. The largest absolute Gasteiger partial charge is 0.497 e. The van der Waals surface area contributed by atoms with E-state index in [1.165, 1.54) is 11.0 Å². The molecule has 2 amide bonds. The molecule has 1 fully saturated rings. The summed E-state index contributed by atoms with van der Waals surface area (Å²) in [5.74, 6) is 0.736. The number of rotatable bonds is 10. The number of sulfonamides is 1. The quantitative estimate of drug-likeness (QED) is 0.501. The van der Waals surface area contributed by atoms with Crippen molar-refractivity contribution in [3.63, 3.8) is 0 Å². The van der Waals surface area contributed by atoms with E-state index < -0.39 is 28.5 Å². The van der Waals surface area contributed by atoms with Gasteiger partial charge in [-0.1, -0.05) is 25.0 Å². The number of nitrogens with zero attached hydrogens (tertiary/aromatic N) is 2. The Kier molecular flexibility index (Phi) is 8.11. The summed E-state index contributed by atoms with van der Waals surface area (Å²) in [5, 5.41) is 3.05. The lowest BCUT2D eigenvalue weighted by Gasteiger charge is -2.32. The van der Waals surface area contributed by atoms with E-state index in [0.717, 1.165) is 41.8 Å². The van der Waals surface area contributed by atoms with E-state index in [1.54, 1.807) is 44.4 Å². The normalized spacial score (nSPS) is 15.8. The van der Waals surface area contributed by atoms with Crippen molar-refractivity contribution in [3.05, 3.63) is 48.0 Å². The number of amides is 2. The number of ether oxygens (including phenoxy) is 3. The van der Waals surface area contributed by atoms with Crippen LogP contribution in [0, 0.1) is 0 Å². The van der Waals surface area contributed by atoms with Gasteiger partial charge in [0.05, 0.1) is 19.1 Å². The van der Waals surface area contributed by atoms with Gasteiger partial charge >= 0.3 is 0 Å². The predicted molar refractivity (Wildman–Crippen MR) is 138 cm³/mol. The van der Waals surface area contributed by atoms with E-state index in [1.807, 2.05) is 6.07 Å². The first-order chi connectivity index (χ1) is 17.7. The Hall–Kier alpha value is -3.47. The third kappa shape index (κ3) is 6.46. The Bertz CT molecular complexity index is 1240. The Morgan fingerprint density at radius 1 is 1.11 bits per heavy atom. The fourth-order valence-corrected chi connectivity index (χ4v) is 5.44. The molecule has 0 radical (unpaired) electrons. The molecule has 1 atom stereocenters. The molecule has 0 unspecified atom stereocenters. The summed E-state index contributed by atoms with van der Waals surface area (Å²) >= 11 is 0. The van der Waals surface area contributed by atoms with Gasteiger partial charge < -0.3 is 24.4 Å². The number of carbonyl (C=O) groups is 2. The highest BCUT2D eigenvalue weighted by Crippen LogP contribution is 2.36. The maximum Gasteiger partial charge on any atom is 0.244 e. The van der Waals surface area contributed by atoms with Crippen LogP contribution in [0.2, 0.25) is 0 Å². The zero-order valence-corrected chi connectivity index (χ0v) is 22.1. The van der Waals surface area contributed by atoms with Crippen LogP contribution in [0.15, 0.2) is 42.5 Å². The number of carbonyl (C=O) groups excluding carboxylic acids is 2. The Morgan fingerprint density at radius 2 is 1.84 bits per heavy atom. The maximum atomic E-state index is 13.7. The van der Waals surface area contributed by atoms with Crippen LogP contribution < -0.4 is 23.8 Å². The summed E-state index contributed by atoms with van der Waals surface area (Å²) in [6.07, 6.45) is 4.98. The molecule has 0 spiro atoms. The van der Waals surface area contributed by atoms with Crippen LogP contribution >= 0.6 is 0 Å². The number of nitrogens with one attached hydrogen (secondary N) is 1. The van der Waals surface area contributed by atoms with Crippen molar-refractivity contribution >= 4 is 27.5 Å². The fraction of sp³-hybridized carbons (Fsp3) is 0.462. The number of anilines is 1. The summed E-state index contributed by atoms with van der Waals surface area (Å²) in [7, 11) is -2.29. The minimum absolute atomic E-state index is 0.0402. The van der Waals surface area contributed by atoms with Gasteiger partial charge in [-0.05, 0) is 49.6 Å². The van der Waals surface area contributed by atoms with Crippen LogP contribution in [0.3, 0.4) is 0 Å². The van der Waals surface area contributed by atoms with Gasteiger partial charge in [-0.2, -0.15) is 0 Å². The van der Waals surface area contributed by atoms with Crippen molar-refractivity contribution < 1.29 is 32.2 Å². The standard InChI is InChI=1S/C26H33N3O7S/c1-18(26(31)27-20-8-4-5-9-20)28(15-19-7-6-10-22(13-19)34-2)25(30)16-29(37(3,32)33)21-11-12-23-24(14-21)36-17-35-23/h6-7,10-14,18,20H,4-5,8-9,15-17H2,1-3H3,(H,27,31)/t18-/m1/s1. The molecule has 11 heteroatoms. The lowest BCUT2D eigenvalue weighted by Crippen LogP contribution is -2.52. The first-order valence-corrected chi connectivity index (χ1v) is 14.1. The van der Waals surface area contributed by atoms with Crippen molar-refractivity contribution in [1.82, 2.24) is 10.2 Å². The van der Waals surface area contributed by atoms with E-state index in [9.17, 15) is 18.0 Å². The Morgan fingerprint density at radius 3 is 2.54 bits per heavy atom. The van der Waals surface area contributed by atoms with Crippen molar-refractivity contribution in [1.29, 1.82) is 0 Å². The van der Waals surface area contributed by atoms with Gasteiger partial charge in [-0.15, -0.1) is 0 Å². The van der Waals surface area contributed by atoms with Gasteiger partial charge in [0.25, 0.3) is 0 Å². The van der Waals surface area contributed by atoms with Gasteiger partial charge in [0.15, 0.2) is 11.5 Å². The molecule has 2 aliphatic rings. The minimum Gasteiger partial charge on any atom is -0.497 e. The van der Waals surface area contributed by atoms with Crippen LogP contribution in [0.5, 0.6) is 17.2 Å². The number of hydrogen-bond donors (Lipinski definition) is 1. The highest BCUT2D eigenvalue weighted by molar-refractivity contribution is 7.92. The Labute approximate surface area is 217 Å². The molecule has 1 N–H and O–H groups in total. The van der Waals surface area contributed by atoms with Crippen LogP contribution in [-0.4, -0.2) is 63.9 Å². The van der Waals surface area contributed by atoms with Crippen LogP contribution in [0.25, 0.3) is 0 Å². The molecule has 0 saturated heterocycles. The highest BCUT2D eigenvalue weighted by Gasteiger charge is 2.32. The zero-order valence-electron chi connectivity index (χ0n) is 21.3. The van der Waals surface area contributed by atoms with Gasteiger partial charge in [0.1, 0.15) is 18.3 Å². The van der Waals surface area contributed by atoms with E-state index in [2.05, 4.69) is 5.32 Å². The molecule has 1 aliphatic carbocycles. The van der Waals surface area contributed by atoms with E-state index in [4.69, 9.17) is 14.2 Å². The second kappa shape index (κ2) is 11.3. The summed E-state index contributed by atoms with van der Waals surface area (Å²) in [6, 6.07) is 11.2. The lowest BCUT2D eigenvalue weighted by atomic mass is 10.1. The maximum absolute atomic E-state index is 13.7. The first kappa shape index (κ1) is 26.6. The molecular weight excluding hydrogens is 498 g/mol. The topological polar surface area (TPSA) is 114 Å². The summed E-state index contributed by atoms with van der Waals surface area (Å²) in [5.41, 5.74) is 1.02. The molecule has 1 saturated carbocycles. The number of methoxy groups -OCH3 is 1. The van der Waals surface area contributed by atoms with Crippen molar-refractivity contribution in [2.24, 2.45) is 0 Å². The van der Waals surface area contributed by atoms with Gasteiger partial charge in [-0.3, -0.25) is 13.9 Å². The molecule has 10 nitrogen and oxygen atoms in total. The lowest BCUT2D eigenvalue weighted by molar-refractivity contribution is -0.139. The van der Waals surface area contributed by atoms with Gasteiger partial charge in [0.2, 0.25) is 28.6 Å². The van der Waals surface area contributed by atoms with Crippen LogP contribution in [0.1, 0.15) is 38.2 Å². The monoisotopic (exact) mass is 531 g/mol. The molecule has 0 bridgehead atoms. The first-order valence-electron chi connectivity index (χ1n) is 12.3. The number of hydrogen-bond acceptors (Lipinski definition) is 7. The zero-order chi connectivity index (χ0) is 26.6. The number of benzene rings is 2. The molecule has 2 aromatic carbocycles. The molecule has 0 aromatic heterocycles. The van der Waals surface area contributed by atoms with Crippen LogP contribution in [0.4, 0.5) is 5.69 Å². The van der Waals surface area contributed by atoms with Gasteiger partial charge in [0, 0.05) is 18.7 Å². The van der Waals surface area contributed by atoms with E-state index in [0.29, 0.717) is 17.2 Å². The summed E-state index contributed by atoms with van der Waals surface area (Å²) < 4.78 is 42.5. The van der Waals surface area contributed by atoms with Crippen molar-refractivity contribution in [3.8, 4) is 17.2 Å². The van der Waals surface area contributed by atoms with E-state index in [-0.39, 0.29) is 31.0 Å². The van der Waals surface area contributed by atoms with Crippen molar-refractivity contribution in [2.75, 3.05) is 31.0 Å². The molecule has 1 aliphatic heterocycles. The average Bonchev–Trinajstić information content (AvgIpc) is 3.56. The van der Waals surface area contributed by atoms with Crippen molar-refractivity contribution in [2.45, 2.75) is 51.2 Å². The molecule has 200 valence electrons. The number of fused-ring (bicyclic) bond motifs is 1. The SMILES string of the molecule is COc1cccc(CN(C(=O)CN(c2ccc3c(c2)OCO3)S(C)(=O)=O)[C@H](C)C(=O)NC2CCCC2)c1. The predicted octanol–water partition coefficient (Wildman–Crippen LogP) is 2.67.